The quantitative estimate of drug-likeness (QED) is 0.694. The minimum absolute atomic E-state index is 0.0963. The van der Waals surface area contributed by atoms with Gasteiger partial charge in [-0.3, -0.25) is 4.79 Å². The summed E-state index contributed by atoms with van der Waals surface area (Å²) in [6.45, 7) is 6.15. The van der Waals surface area contributed by atoms with Gasteiger partial charge in [-0.15, -0.1) is 0 Å². The highest BCUT2D eigenvalue weighted by atomic mass is 16.5. The fourth-order valence-electron chi connectivity index (χ4n) is 3.83. The van der Waals surface area contributed by atoms with E-state index in [9.17, 15) is 9.59 Å². The Morgan fingerprint density at radius 2 is 2.11 bits per heavy atom. The van der Waals surface area contributed by atoms with Crippen LogP contribution in [0.15, 0.2) is 18.2 Å². The number of carbonyl (C=O) groups excluding carboxylic acids is 2. The Kier molecular flexibility index (Phi) is 5.70. The number of piperidine rings is 1. The maximum Gasteiger partial charge on any atom is 0.356 e. The lowest BCUT2D eigenvalue weighted by Gasteiger charge is -2.31. The summed E-state index contributed by atoms with van der Waals surface area (Å²) in [5, 5.41) is 3.71. The molecule has 1 aliphatic rings. The zero-order chi connectivity index (χ0) is 19.6. The molecule has 3 N–H and O–H groups in total. The minimum atomic E-state index is -0.521. The van der Waals surface area contributed by atoms with E-state index in [1.807, 2.05) is 13.0 Å². The van der Waals surface area contributed by atoms with Gasteiger partial charge in [0.2, 0.25) is 0 Å². The van der Waals surface area contributed by atoms with Gasteiger partial charge in [-0.2, -0.15) is 0 Å². The molecule has 27 heavy (non-hydrogen) atoms. The van der Waals surface area contributed by atoms with E-state index in [2.05, 4.69) is 17.2 Å². The minimum Gasteiger partial charge on any atom is -0.497 e. The van der Waals surface area contributed by atoms with Crippen molar-refractivity contribution in [1.82, 2.24) is 4.98 Å². The number of likely N-dealkylation sites (tertiary alicyclic amines) is 1. The number of ether oxygens (including phenoxy) is 2. The molecule has 0 saturated carbocycles. The third-order valence-corrected chi connectivity index (χ3v) is 5.45. The van der Waals surface area contributed by atoms with Crippen LogP contribution in [0.1, 0.15) is 37.2 Å². The van der Waals surface area contributed by atoms with E-state index in [0.29, 0.717) is 22.9 Å². The van der Waals surface area contributed by atoms with Crippen LogP contribution < -0.4 is 15.0 Å². The number of nitrogens with one attached hydrogen (secondary N) is 3. The lowest BCUT2D eigenvalue weighted by molar-refractivity contribution is -0.922. The second kappa shape index (κ2) is 8.00. The van der Waals surface area contributed by atoms with Gasteiger partial charge in [0.15, 0.2) is 6.04 Å². The Hall–Kier alpha value is -2.54. The number of rotatable bonds is 5. The fraction of sp³-hybridized carbons (Fsp3) is 0.500. The highest BCUT2D eigenvalue weighted by Crippen LogP contribution is 2.31. The van der Waals surface area contributed by atoms with Crippen molar-refractivity contribution in [2.24, 2.45) is 5.92 Å². The van der Waals surface area contributed by atoms with Crippen LogP contribution in [0.5, 0.6) is 5.75 Å². The van der Waals surface area contributed by atoms with Crippen molar-refractivity contribution in [3.63, 3.8) is 0 Å². The summed E-state index contributed by atoms with van der Waals surface area (Å²) in [5.41, 5.74) is 1.40. The van der Waals surface area contributed by atoms with Crippen molar-refractivity contribution >= 4 is 28.5 Å². The number of benzene rings is 1. The molecule has 7 heteroatoms. The molecule has 2 heterocycles. The van der Waals surface area contributed by atoms with E-state index in [1.54, 1.807) is 19.2 Å². The van der Waals surface area contributed by atoms with Crippen molar-refractivity contribution in [3.05, 3.63) is 23.9 Å². The number of hydrogen-bond donors (Lipinski definition) is 3. The first-order valence-electron chi connectivity index (χ1n) is 9.38. The molecule has 1 saturated heterocycles. The number of H-pyrrole nitrogens is 1. The second-order valence-corrected chi connectivity index (χ2v) is 7.35. The van der Waals surface area contributed by atoms with Gasteiger partial charge in [0.1, 0.15) is 11.4 Å². The standard InChI is InChI=1S/C20H27N3O4/c1-12-6-5-9-23(11-12)13(2)19(24)22-17-15-8-7-14(26-3)10-16(15)21-18(17)20(25)27-4/h7-8,10,12-13,21H,5-6,9,11H2,1-4H3,(H,22,24)/p+1/t12-,13-/m0/s1. The summed E-state index contributed by atoms with van der Waals surface area (Å²) < 4.78 is 10.1. The van der Waals surface area contributed by atoms with E-state index in [-0.39, 0.29) is 17.6 Å². The van der Waals surface area contributed by atoms with Crippen LogP contribution in [-0.2, 0) is 9.53 Å². The molecular weight excluding hydrogens is 346 g/mol. The predicted octanol–water partition coefficient (Wildman–Crippen LogP) is 1.60. The molecule has 1 unspecified atom stereocenters. The molecule has 1 amide bonds. The zero-order valence-corrected chi connectivity index (χ0v) is 16.3. The number of aromatic amines is 1. The monoisotopic (exact) mass is 374 g/mol. The number of fused-ring (bicyclic) bond motifs is 1. The maximum absolute atomic E-state index is 12.9. The maximum atomic E-state index is 12.9. The Balaban J connectivity index is 1.90. The second-order valence-electron chi connectivity index (χ2n) is 7.35. The molecule has 1 aromatic heterocycles. The topological polar surface area (TPSA) is 84.9 Å². The normalized spacial score (nSPS) is 20.9. The van der Waals surface area contributed by atoms with Gasteiger partial charge < -0.3 is 24.7 Å². The van der Waals surface area contributed by atoms with Crippen molar-refractivity contribution in [3.8, 4) is 5.75 Å². The molecule has 7 nitrogen and oxygen atoms in total. The molecule has 0 spiro atoms. The van der Waals surface area contributed by atoms with Gasteiger partial charge in [-0.05, 0) is 31.9 Å². The number of anilines is 1. The number of aromatic nitrogens is 1. The van der Waals surface area contributed by atoms with Gasteiger partial charge in [0.25, 0.3) is 5.91 Å². The molecule has 2 aromatic rings. The Bertz CT molecular complexity index is 845. The lowest BCUT2D eigenvalue weighted by Crippen LogP contribution is -3.17. The molecule has 0 aliphatic carbocycles. The molecule has 1 aliphatic heterocycles. The number of esters is 1. The van der Waals surface area contributed by atoms with Crippen molar-refractivity contribution in [2.45, 2.75) is 32.7 Å². The summed E-state index contributed by atoms with van der Waals surface area (Å²) in [6, 6.07) is 5.22. The van der Waals surface area contributed by atoms with E-state index in [4.69, 9.17) is 9.47 Å². The third kappa shape index (κ3) is 3.93. The number of methoxy groups -OCH3 is 2. The van der Waals surface area contributed by atoms with Crippen LogP contribution in [-0.4, -0.2) is 50.2 Å². The largest absolute Gasteiger partial charge is 0.497 e. The van der Waals surface area contributed by atoms with Gasteiger partial charge in [-0.25, -0.2) is 4.79 Å². The summed E-state index contributed by atoms with van der Waals surface area (Å²) in [7, 11) is 2.90. The van der Waals surface area contributed by atoms with Crippen molar-refractivity contribution in [1.29, 1.82) is 0 Å². The van der Waals surface area contributed by atoms with Crippen LogP contribution in [0.4, 0.5) is 5.69 Å². The van der Waals surface area contributed by atoms with Crippen LogP contribution >= 0.6 is 0 Å². The SMILES string of the molecule is COC(=O)c1[nH]c2cc(OC)ccc2c1NC(=O)[C@H](C)[NH+]1CCC[C@H](C)C1. The summed E-state index contributed by atoms with van der Waals surface area (Å²) in [4.78, 5) is 29.5. The van der Waals surface area contributed by atoms with E-state index in [1.165, 1.54) is 18.4 Å². The first kappa shape index (κ1) is 19.2. The first-order valence-corrected chi connectivity index (χ1v) is 9.38. The average Bonchev–Trinajstić information content (AvgIpc) is 3.04. The fourth-order valence-corrected chi connectivity index (χ4v) is 3.83. The third-order valence-electron chi connectivity index (χ3n) is 5.45. The molecule has 146 valence electrons. The molecule has 0 radical (unpaired) electrons. The summed E-state index contributed by atoms with van der Waals surface area (Å²) in [6.07, 6.45) is 2.35. The van der Waals surface area contributed by atoms with Gasteiger partial charge in [0.05, 0.1) is 38.5 Å². The molecular formula is C20H28N3O4+. The average molecular weight is 374 g/mol. The van der Waals surface area contributed by atoms with Gasteiger partial charge in [0, 0.05) is 17.4 Å². The van der Waals surface area contributed by atoms with Gasteiger partial charge in [-0.1, -0.05) is 6.92 Å². The Morgan fingerprint density at radius 1 is 1.33 bits per heavy atom. The van der Waals surface area contributed by atoms with Crippen molar-refractivity contribution in [2.75, 3.05) is 32.6 Å². The molecule has 1 fully saturated rings. The number of quaternary nitrogens is 1. The molecule has 3 atom stereocenters. The molecule has 1 aromatic carbocycles. The molecule has 0 bridgehead atoms. The van der Waals surface area contributed by atoms with E-state index < -0.39 is 5.97 Å². The number of hydrogen-bond acceptors (Lipinski definition) is 4. The highest BCUT2D eigenvalue weighted by Gasteiger charge is 2.31. The van der Waals surface area contributed by atoms with Crippen LogP contribution in [0, 0.1) is 5.92 Å². The number of carbonyl (C=O) groups is 2. The van der Waals surface area contributed by atoms with Crippen LogP contribution in [0.3, 0.4) is 0 Å². The van der Waals surface area contributed by atoms with E-state index >= 15 is 0 Å². The van der Waals surface area contributed by atoms with Crippen LogP contribution in [0.25, 0.3) is 10.9 Å². The zero-order valence-electron chi connectivity index (χ0n) is 16.3. The predicted molar refractivity (Wildman–Crippen MR) is 103 cm³/mol. The van der Waals surface area contributed by atoms with Crippen molar-refractivity contribution < 1.29 is 24.0 Å². The summed E-state index contributed by atoms with van der Waals surface area (Å²) in [5.74, 6) is 0.668. The van der Waals surface area contributed by atoms with E-state index in [0.717, 1.165) is 24.9 Å². The van der Waals surface area contributed by atoms with Crippen LogP contribution in [0.2, 0.25) is 0 Å². The Labute approximate surface area is 159 Å². The Morgan fingerprint density at radius 3 is 2.78 bits per heavy atom. The lowest BCUT2D eigenvalue weighted by atomic mass is 9.99. The first-order chi connectivity index (χ1) is 12.9. The smallest absolute Gasteiger partial charge is 0.356 e. The highest BCUT2D eigenvalue weighted by molar-refractivity contribution is 6.11. The number of amides is 1. The van der Waals surface area contributed by atoms with Gasteiger partial charge >= 0.3 is 5.97 Å². The summed E-state index contributed by atoms with van der Waals surface area (Å²) >= 11 is 0. The molecule has 3 rings (SSSR count).